The first-order valence-electron chi connectivity index (χ1n) is 5.79. The van der Waals surface area contributed by atoms with Crippen molar-refractivity contribution in [1.29, 1.82) is 0 Å². The quantitative estimate of drug-likeness (QED) is 0.935. The van der Waals surface area contributed by atoms with Crippen molar-refractivity contribution in [3.05, 3.63) is 64.4 Å². The minimum atomic E-state index is -3.66. The van der Waals surface area contributed by atoms with Gasteiger partial charge in [-0.05, 0) is 42.0 Å². The molecular weight excluding hydrogens is 319 g/mol. The highest BCUT2D eigenvalue weighted by Gasteiger charge is 2.17. The smallest absolute Gasteiger partial charge is 0.335 e. The lowest BCUT2D eigenvalue weighted by Crippen LogP contribution is -2.06. The normalized spacial score (nSPS) is 11.3. The van der Waals surface area contributed by atoms with E-state index >= 15 is 0 Å². The van der Waals surface area contributed by atoms with Crippen molar-refractivity contribution in [3.63, 3.8) is 0 Å². The van der Waals surface area contributed by atoms with Crippen molar-refractivity contribution < 1.29 is 22.7 Å². The molecule has 21 heavy (non-hydrogen) atoms. The van der Waals surface area contributed by atoms with E-state index in [0.717, 1.165) is 6.07 Å². The highest BCUT2D eigenvalue weighted by Crippen LogP contribution is 2.21. The molecule has 0 unspecified atom stereocenters. The van der Waals surface area contributed by atoms with Crippen LogP contribution in [0.15, 0.2) is 47.4 Å². The van der Waals surface area contributed by atoms with Crippen LogP contribution in [0.4, 0.5) is 4.39 Å². The summed E-state index contributed by atoms with van der Waals surface area (Å²) in [6, 6.07) is 8.57. The molecule has 0 fully saturated rings. The fourth-order valence-corrected chi connectivity index (χ4v) is 3.28. The van der Waals surface area contributed by atoms with E-state index < -0.39 is 21.6 Å². The van der Waals surface area contributed by atoms with Crippen molar-refractivity contribution in [2.75, 3.05) is 0 Å². The summed E-state index contributed by atoms with van der Waals surface area (Å²) < 4.78 is 37.4. The first-order chi connectivity index (χ1) is 9.79. The molecule has 0 bridgehead atoms. The minimum absolute atomic E-state index is 0.00113. The zero-order valence-electron chi connectivity index (χ0n) is 10.6. The molecule has 2 aromatic carbocycles. The number of halogens is 2. The number of carbonyl (C=O) groups is 1. The number of carboxylic acids is 1. The molecule has 0 aromatic heterocycles. The Balaban J connectivity index is 2.29. The monoisotopic (exact) mass is 328 g/mol. The van der Waals surface area contributed by atoms with Crippen LogP contribution in [0.1, 0.15) is 15.9 Å². The fourth-order valence-electron chi connectivity index (χ4n) is 1.74. The fraction of sp³-hybridized carbons (Fsp3) is 0.0714. The minimum Gasteiger partial charge on any atom is -0.478 e. The van der Waals surface area contributed by atoms with Gasteiger partial charge in [0.25, 0.3) is 0 Å². The molecule has 0 amide bonds. The second kappa shape index (κ2) is 5.83. The van der Waals surface area contributed by atoms with E-state index in [1.807, 2.05) is 0 Å². The van der Waals surface area contributed by atoms with Gasteiger partial charge in [0.15, 0.2) is 9.84 Å². The molecule has 0 atom stereocenters. The molecule has 110 valence electrons. The number of carboxylic acid groups (broad SMARTS) is 1. The van der Waals surface area contributed by atoms with Gasteiger partial charge < -0.3 is 5.11 Å². The molecule has 1 N–H and O–H groups in total. The summed E-state index contributed by atoms with van der Waals surface area (Å²) in [5, 5.41) is 8.62. The lowest BCUT2D eigenvalue weighted by atomic mass is 10.2. The van der Waals surface area contributed by atoms with Crippen molar-refractivity contribution in [2.45, 2.75) is 10.6 Å². The molecule has 0 heterocycles. The third-order valence-corrected chi connectivity index (χ3v) is 4.79. The third kappa shape index (κ3) is 3.59. The molecule has 0 aliphatic rings. The molecule has 0 aliphatic carbocycles. The number of aromatic carboxylic acids is 1. The lowest BCUT2D eigenvalue weighted by molar-refractivity contribution is 0.0696. The predicted molar refractivity (Wildman–Crippen MR) is 75.7 cm³/mol. The van der Waals surface area contributed by atoms with E-state index in [0.29, 0.717) is 5.56 Å². The van der Waals surface area contributed by atoms with Gasteiger partial charge in [-0.2, -0.15) is 0 Å². The van der Waals surface area contributed by atoms with Crippen LogP contribution in [0.2, 0.25) is 5.02 Å². The van der Waals surface area contributed by atoms with E-state index in [-0.39, 0.29) is 21.2 Å². The molecule has 0 saturated carbocycles. The number of sulfone groups is 1. The summed E-state index contributed by atoms with van der Waals surface area (Å²) in [6.45, 7) is 0. The summed E-state index contributed by atoms with van der Waals surface area (Å²) >= 11 is 5.61. The molecule has 0 aliphatic heterocycles. The Kier molecular flexibility index (Phi) is 4.29. The van der Waals surface area contributed by atoms with Crippen molar-refractivity contribution >= 4 is 27.4 Å². The van der Waals surface area contributed by atoms with Crippen LogP contribution in [0, 0.1) is 5.82 Å². The van der Waals surface area contributed by atoms with Crippen molar-refractivity contribution in [3.8, 4) is 0 Å². The highest BCUT2D eigenvalue weighted by atomic mass is 35.5. The zero-order valence-corrected chi connectivity index (χ0v) is 12.2. The summed E-state index contributed by atoms with van der Waals surface area (Å²) in [5.41, 5.74) is 0.350. The zero-order chi connectivity index (χ0) is 15.6. The van der Waals surface area contributed by atoms with Crippen LogP contribution < -0.4 is 0 Å². The van der Waals surface area contributed by atoms with Crippen LogP contribution >= 0.6 is 11.6 Å². The Bertz CT molecular complexity index is 785. The molecule has 0 radical (unpaired) electrons. The summed E-state index contributed by atoms with van der Waals surface area (Å²) in [5.74, 6) is -2.10. The van der Waals surface area contributed by atoms with E-state index in [9.17, 15) is 17.6 Å². The van der Waals surface area contributed by atoms with Crippen molar-refractivity contribution in [2.24, 2.45) is 0 Å². The van der Waals surface area contributed by atoms with Crippen molar-refractivity contribution in [1.82, 2.24) is 0 Å². The standard InChI is InChI=1S/C14H10ClFO4S/c15-12-7-9(1-6-13(12)16)8-21(19,20)11-4-2-10(3-5-11)14(17)18/h1-7H,8H2,(H,17,18). The molecule has 0 spiro atoms. The summed E-state index contributed by atoms with van der Waals surface area (Å²) in [7, 11) is -3.66. The number of rotatable bonds is 4. The van der Waals surface area contributed by atoms with E-state index in [2.05, 4.69) is 0 Å². The Morgan fingerprint density at radius 2 is 1.76 bits per heavy atom. The van der Waals surface area contributed by atoms with Crippen LogP contribution in [-0.4, -0.2) is 19.5 Å². The highest BCUT2D eigenvalue weighted by molar-refractivity contribution is 7.90. The Morgan fingerprint density at radius 1 is 1.14 bits per heavy atom. The maximum absolute atomic E-state index is 13.0. The predicted octanol–water partition coefficient (Wildman–Crippen LogP) is 3.15. The number of benzene rings is 2. The van der Waals surface area contributed by atoms with Gasteiger partial charge in [0.05, 0.1) is 21.2 Å². The second-order valence-corrected chi connectivity index (χ2v) is 6.73. The lowest BCUT2D eigenvalue weighted by Gasteiger charge is -2.06. The average Bonchev–Trinajstić information content (AvgIpc) is 2.43. The van der Waals surface area contributed by atoms with Crippen LogP contribution in [-0.2, 0) is 15.6 Å². The van der Waals surface area contributed by atoms with Gasteiger partial charge in [0.2, 0.25) is 0 Å². The van der Waals surface area contributed by atoms with E-state index in [4.69, 9.17) is 16.7 Å². The Hall–Kier alpha value is -1.92. The van der Waals surface area contributed by atoms with Gasteiger partial charge in [0, 0.05) is 0 Å². The SMILES string of the molecule is O=C(O)c1ccc(S(=O)(=O)Cc2ccc(F)c(Cl)c2)cc1. The Morgan fingerprint density at radius 3 is 2.29 bits per heavy atom. The largest absolute Gasteiger partial charge is 0.478 e. The van der Waals surface area contributed by atoms with E-state index in [1.165, 1.54) is 36.4 Å². The van der Waals surface area contributed by atoms with Crippen LogP contribution in [0.3, 0.4) is 0 Å². The second-order valence-electron chi connectivity index (χ2n) is 4.34. The molecule has 0 saturated heterocycles. The molecular formula is C14H10ClFO4S. The maximum atomic E-state index is 13.0. The molecule has 2 rings (SSSR count). The van der Waals surface area contributed by atoms with Gasteiger partial charge in [0.1, 0.15) is 5.82 Å². The molecule has 7 heteroatoms. The molecule has 4 nitrogen and oxygen atoms in total. The van der Waals surface area contributed by atoms with Gasteiger partial charge in [-0.25, -0.2) is 17.6 Å². The summed E-state index contributed by atoms with van der Waals surface area (Å²) in [6.07, 6.45) is 0. The van der Waals surface area contributed by atoms with Gasteiger partial charge in [-0.1, -0.05) is 17.7 Å². The maximum Gasteiger partial charge on any atom is 0.335 e. The van der Waals surface area contributed by atoms with Gasteiger partial charge in [-0.3, -0.25) is 0 Å². The van der Waals surface area contributed by atoms with E-state index in [1.54, 1.807) is 0 Å². The third-order valence-electron chi connectivity index (χ3n) is 2.80. The molecule has 2 aromatic rings. The average molecular weight is 329 g/mol. The topological polar surface area (TPSA) is 71.4 Å². The first-order valence-corrected chi connectivity index (χ1v) is 7.83. The Labute approximate surface area is 125 Å². The van der Waals surface area contributed by atoms with Crippen LogP contribution in [0.5, 0.6) is 0 Å². The van der Waals surface area contributed by atoms with Gasteiger partial charge in [-0.15, -0.1) is 0 Å². The van der Waals surface area contributed by atoms with Crippen LogP contribution in [0.25, 0.3) is 0 Å². The summed E-state index contributed by atoms with van der Waals surface area (Å²) in [4.78, 5) is 10.7. The number of hydrogen-bond donors (Lipinski definition) is 1. The number of hydrogen-bond acceptors (Lipinski definition) is 3. The van der Waals surface area contributed by atoms with Gasteiger partial charge >= 0.3 is 5.97 Å². The first kappa shape index (κ1) is 15.5.